The fraction of sp³-hybridized carbons (Fsp3) is 0.682. The number of halogens is 1. The summed E-state index contributed by atoms with van der Waals surface area (Å²) in [5.74, 6) is 1.52. The third-order valence-corrected chi connectivity index (χ3v) is 5.70. The molecule has 1 aromatic rings. The highest BCUT2D eigenvalue weighted by Gasteiger charge is 2.24. The first-order chi connectivity index (χ1) is 13.6. The molecule has 0 radical (unpaired) electrons. The van der Waals surface area contributed by atoms with Crippen LogP contribution in [-0.4, -0.2) is 67.9 Å². The molecule has 2 atom stereocenters. The number of aliphatic imine (C=N–C) groups is 1. The van der Waals surface area contributed by atoms with Gasteiger partial charge in [-0.05, 0) is 44.6 Å². The van der Waals surface area contributed by atoms with E-state index in [4.69, 9.17) is 4.74 Å². The summed E-state index contributed by atoms with van der Waals surface area (Å²) in [7, 11) is 0. The second-order valence-electron chi connectivity index (χ2n) is 8.09. The van der Waals surface area contributed by atoms with E-state index in [1.807, 2.05) is 31.2 Å². The van der Waals surface area contributed by atoms with Gasteiger partial charge in [0.05, 0.1) is 19.3 Å². The van der Waals surface area contributed by atoms with Gasteiger partial charge < -0.3 is 25.4 Å². The van der Waals surface area contributed by atoms with Gasteiger partial charge >= 0.3 is 0 Å². The van der Waals surface area contributed by atoms with Crippen LogP contribution in [0.25, 0.3) is 0 Å². The summed E-state index contributed by atoms with van der Waals surface area (Å²) in [6.07, 6.45) is 2.88. The van der Waals surface area contributed by atoms with Crippen molar-refractivity contribution in [2.45, 2.75) is 45.3 Å². The summed E-state index contributed by atoms with van der Waals surface area (Å²) in [4.78, 5) is 7.19. The molecule has 29 heavy (non-hydrogen) atoms. The number of likely N-dealkylation sites (tertiary alicyclic amines) is 1. The molecule has 3 N–H and O–H groups in total. The Kier molecular flexibility index (Phi) is 10.7. The Balaban J connectivity index is 0.00000300. The first-order valence-electron chi connectivity index (χ1n) is 10.7. The molecule has 3 rings (SSSR count). The van der Waals surface area contributed by atoms with Crippen molar-refractivity contribution in [3.63, 3.8) is 0 Å². The van der Waals surface area contributed by atoms with Crippen LogP contribution in [0.4, 0.5) is 0 Å². The molecule has 0 aromatic heterocycles. The van der Waals surface area contributed by atoms with Gasteiger partial charge in [0, 0.05) is 38.8 Å². The number of piperidine rings is 1. The molecular formula is C22H37IN4O2. The first kappa shape index (κ1) is 24.4. The van der Waals surface area contributed by atoms with Crippen LogP contribution in [0.2, 0.25) is 0 Å². The lowest BCUT2D eigenvalue weighted by molar-refractivity contribution is 0.150. The minimum absolute atomic E-state index is 0. The van der Waals surface area contributed by atoms with Crippen molar-refractivity contribution in [1.29, 1.82) is 0 Å². The van der Waals surface area contributed by atoms with Crippen molar-refractivity contribution in [1.82, 2.24) is 15.5 Å². The highest BCUT2D eigenvalue weighted by atomic mass is 127. The van der Waals surface area contributed by atoms with Crippen molar-refractivity contribution in [2.75, 3.05) is 45.9 Å². The zero-order valence-corrected chi connectivity index (χ0v) is 20.1. The van der Waals surface area contributed by atoms with E-state index < -0.39 is 6.10 Å². The predicted molar refractivity (Wildman–Crippen MR) is 129 cm³/mol. The van der Waals surface area contributed by atoms with Gasteiger partial charge in [0.15, 0.2) is 5.96 Å². The van der Waals surface area contributed by atoms with Crippen LogP contribution in [0, 0.1) is 12.8 Å². The van der Waals surface area contributed by atoms with Crippen LogP contribution in [0.5, 0.6) is 0 Å². The number of nitrogens with zero attached hydrogens (tertiary/aromatic N) is 2. The first-order valence-corrected chi connectivity index (χ1v) is 10.7. The molecule has 1 aromatic carbocycles. The summed E-state index contributed by atoms with van der Waals surface area (Å²) in [6, 6.07) is 8.43. The summed E-state index contributed by atoms with van der Waals surface area (Å²) in [5.41, 5.74) is 2.11. The molecule has 2 heterocycles. The van der Waals surface area contributed by atoms with Crippen LogP contribution in [-0.2, 0) is 4.74 Å². The maximum atomic E-state index is 10.4. The fourth-order valence-electron chi connectivity index (χ4n) is 3.94. The van der Waals surface area contributed by atoms with Gasteiger partial charge in [-0.15, -0.1) is 24.0 Å². The second kappa shape index (κ2) is 12.7. The van der Waals surface area contributed by atoms with E-state index in [1.165, 1.54) is 18.5 Å². The molecule has 0 aliphatic carbocycles. The smallest absolute Gasteiger partial charge is 0.191 e. The standard InChI is InChI=1S/C22H36N4O2.HI/c1-3-23-22(24-14-21(27)19-6-4-17(2)5-7-19)25-20-8-11-26(12-9-20)15-18-10-13-28-16-18;/h4-7,18,20-21,27H,3,8-16H2,1-2H3,(H2,23,24,25);1H. The van der Waals surface area contributed by atoms with Crippen molar-refractivity contribution < 1.29 is 9.84 Å². The van der Waals surface area contributed by atoms with Gasteiger partial charge in [0.1, 0.15) is 0 Å². The van der Waals surface area contributed by atoms with Crippen LogP contribution >= 0.6 is 24.0 Å². The summed E-state index contributed by atoms with van der Waals surface area (Å²) in [5, 5.41) is 17.3. The Bertz CT molecular complexity index is 612. The van der Waals surface area contributed by atoms with Crippen molar-refractivity contribution in [2.24, 2.45) is 10.9 Å². The number of hydrogen-bond donors (Lipinski definition) is 3. The highest BCUT2D eigenvalue weighted by Crippen LogP contribution is 2.18. The van der Waals surface area contributed by atoms with Gasteiger partial charge in [-0.25, -0.2) is 0 Å². The molecular weight excluding hydrogens is 479 g/mol. The Labute approximate surface area is 192 Å². The number of aliphatic hydroxyl groups is 1. The maximum Gasteiger partial charge on any atom is 0.191 e. The Hall–Kier alpha value is -0.900. The van der Waals surface area contributed by atoms with Gasteiger partial charge in [-0.1, -0.05) is 29.8 Å². The van der Waals surface area contributed by atoms with Crippen molar-refractivity contribution in [3.05, 3.63) is 35.4 Å². The quantitative estimate of drug-likeness (QED) is 0.296. The normalized spacial score (nSPS) is 22.2. The van der Waals surface area contributed by atoms with Gasteiger partial charge in [0.2, 0.25) is 0 Å². The van der Waals surface area contributed by atoms with E-state index in [1.54, 1.807) is 0 Å². The Morgan fingerprint density at radius 1 is 1.24 bits per heavy atom. The van der Waals surface area contributed by atoms with Crippen LogP contribution in [0.1, 0.15) is 43.4 Å². The number of aliphatic hydroxyl groups excluding tert-OH is 1. The fourth-order valence-corrected chi connectivity index (χ4v) is 3.94. The van der Waals surface area contributed by atoms with Gasteiger partial charge in [-0.3, -0.25) is 4.99 Å². The third kappa shape index (κ3) is 8.03. The molecule has 2 fully saturated rings. The molecule has 0 bridgehead atoms. The average molecular weight is 516 g/mol. The van der Waals surface area contributed by atoms with E-state index in [0.29, 0.717) is 18.5 Å². The predicted octanol–water partition coefficient (Wildman–Crippen LogP) is 2.70. The number of ether oxygens (including phenoxy) is 1. The van der Waals surface area contributed by atoms with E-state index in [9.17, 15) is 5.11 Å². The zero-order valence-electron chi connectivity index (χ0n) is 17.8. The molecule has 7 heteroatoms. The highest BCUT2D eigenvalue weighted by molar-refractivity contribution is 14.0. The molecule has 164 valence electrons. The topological polar surface area (TPSA) is 69.1 Å². The molecule has 2 unspecified atom stereocenters. The summed E-state index contributed by atoms with van der Waals surface area (Å²) < 4.78 is 5.50. The molecule has 0 amide bonds. The second-order valence-corrected chi connectivity index (χ2v) is 8.09. The third-order valence-electron chi connectivity index (χ3n) is 5.70. The number of nitrogens with one attached hydrogen (secondary N) is 2. The van der Waals surface area contributed by atoms with Crippen LogP contribution in [0.15, 0.2) is 29.3 Å². The SMILES string of the molecule is CCNC(=NCC(O)c1ccc(C)cc1)NC1CCN(CC2CCOC2)CC1.I. The lowest BCUT2D eigenvalue weighted by atomic mass is 10.0. The molecule has 6 nitrogen and oxygen atoms in total. The maximum absolute atomic E-state index is 10.4. The lowest BCUT2D eigenvalue weighted by Crippen LogP contribution is -2.49. The van der Waals surface area contributed by atoms with Crippen molar-refractivity contribution >= 4 is 29.9 Å². The van der Waals surface area contributed by atoms with Crippen molar-refractivity contribution in [3.8, 4) is 0 Å². The average Bonchev–Trinajstić information content (AvgIpc) is 3.21. The Morgan fingerprint density at radius 2 is 1.97 bits per heavy atom. The van der Waals surface area contributed by atoms with E-state index in [2.05, 4.69) is 27.4 Å². The number of aryl methyl sites for hydroxylation is 1. The molecule has 2 aliphatic heterocycles. The summed E-state index contributed by atoms with van der Waals surface area (Å²) in [6.45, 7) is 10.6. The van der Waals surface area contributed by atoms with E-state index >= 15 is 0 Å². The van der Waals surface area contributed by atoms with E-state index in [-0.39, 0.29) is 24.0 Å². The van der Waals surface area contributed by atoms with Gasteiger partial charge in [0.25, 0.3) is 0 Å². The van der Waals surface area contributed by atoms with Crippen LogP contribution in [0.3, 0.4) is 0 Å². The van der Waals surface area contributed by atoms with Crippen LogP contribution < -0.4 is 10.6 Å². The number of hydrogen-bond acceptors (Lipinski definition) is 4. The molecule has 0 spiro atoms. The number of guanidine groups is 1. The largest absolute Gasteiger partial charge is 0.386 e. The molecule has 0 saturated carbocycles. The summed E-state index contributed by atoms with van der Waals surface area (Å²) >= 11 is 0. The Morgan fingerprint density at radius 3 is 2.59 bits per heavy atom. The lowest BCUT2D eigenvalue weighted by Gasteiger charge is -2.34. The minimum atomic E-state index is -0.577. The number of benzene rings is 1. The monoisotopic (exact) mass is 516 g/mol. The molecule has 2 saturated heterocycles. The minimum Gasteiger partial charge on any atom is -0.386 e. The van der Waals surface area contributed by atoms with Gasteiger partial charge in [-0.2, -0.15) is 0 Å². The zero-order chi connectivity index (χ0) is 19.8. The number of rotatable bonds is 7. The van der Waals surface area contributed by atoms with E-state index in [0.717, 1.165) is 57.2 Å². The molecule has 2 aliphatic rings.